The van der Waals surface area contributed by atoms with Crippen molar-refractivity contribution in [2.45, 2.75) is 6.92 Å². The van der Waals surface area contributed by atoms with Gasteiger partial charge in [-0.3, -0.25) is 15.5 Å². The maximum absolute atomic E-state index is 12.4. The molecule has 0 saturated heterocycles. The summed E-state index contributed by atoms with van der Waals surface area (Å²) in [7, 11) is 0. The molecule has 0 aliphatic heterocycles. The molecule has 128 valence electrons. The predicted octanol–water partition coefficient (Wildman–Crippen LogP) is 0.0757. The molecule has 0 aromatic carbocycles. The first kappa shape index (κ1) is 16.8. The molecule has 3 rings (SSSR count). The van der Waals surface area contributed by atoms with Gasteiger partial charge >= 0.3 is 0 Å². The Labute approximate surface area is 148 Å². The van der Waals surface area contributed by atoms with E-state index in [1.807, 2.05) is 6.07 Å². The van der Waals surface area contributed by atoms with Crippen LogP contribution < -0.4 is 16.5 Å². The lowest BCUT2D eigenvalue weighted by molar-refractivity contribution is -0.111. The number of nitriles is 1. The lowest BCUT2D eigenvalue weighted by Gasteiger charge is -2.07. The van der Waals surface area contributed by atoms with E-state index < -0.39 is 5.91 Å². The van der Waals surface area contributed by atoms with Crippen LogP contribution in [-0.2, 0) is 0 Å². The average Bonchev–Trinajstić information content (AvgIpc) is 3.17. The Balaban J connectivity index is 1.87. The lowest BCUT2D eigenvalue weighted by atomic mass is 10.1. The van der Waals surface area contributed by atoms with Crippen LogP contribution >= 0.6 is 0 Å². The number of nitrogen functional groups attached to an aromatic ring is 1. The van der Waals surface area contributed by atoms with Gasteiger partial charge in [-0.2, -0.15) is 5.26 Å². The zero-order chi connectivity index (χ0) is 18.7. The highest BCUT2D eigenvalue weighted by Crippen LogP contribution is 2.15. The Morgan fingerprint density at radius 1 is 1.35 bits per heavy atom. The molecule has 0 radical (unpaired) electrons. The molecule has 0 unspecified atom stereocenters. The zero-order valence-corrected chi connectivity index (χ0v) is 13.7. The van der Waals surface area contributed by atoms with Crippen molar-refractivity contribution in [3.8, 4) is 6.07 Å². The van der Waals surface area contributed by atoms with Crippen LogP contribution in [0.2, 0.25) is 0 Å². The van der Waals surface area contributed by atoms with Crippen molar-refractivity contribution in [1.82, 2.24) is 15.0 Å². The number of nitrogens with two attached hydrogens (primary N) is 2. The largest absolute Gasteiger partial charge is 0.472 e. The number of nitrogens with one attached hydrogen (secondary N) is 1. The number of furan rings is 1. The molecule has 9 nitrogen and oxygen atoms in total. The summed E-state index contributed by atoms with van der Waals surface area (Å²) in [4.78, 5) is 24.6. The summed E-state index contributed by atoms with van der Waals surface area (Å²) in [6, 6.07) is 5.20. The fourth-order valence-corrected chi connectivity index (χ4v) is 2.26. The number of carbonyl (C=O) groups is 1. The number of nitrogens with zero attached hydrogens (tertiary/aromatic N) is 4. The number of amides is 1. The van der Waals surface area contributed by atoms with E-state index in [0.29, 0.717) is 22.4 Å². The molecule has 9 heteroatoms. The molecule has 0 atom stereocenters. The normalized spacial score (nSPS) is 10.2. The van der Waals surface area contributed by atoms with E-state index in [9.17, 15) is 4.79 Å². The van der Waals surface area contributed by atoms with Gasteiger partial charge in [0.25, 0.3) is 5.91 Å². The predicted molar refractivity (Wildman–Crippen MR) is 91.9 cm³/mol. The van der Waals surface area contributed by atoms with Crippen LogP contribution in [0.4, 0.5) is 11.6 Å². The van der Waals surface area contributed by atoms with Crippen molar-refractivity contribution in [3.05, 3.63) is 65.1 Å². The molecule has 3 aromatic rings. The van der Waals surface area contributed by atoms with Crippen LogP contribution in [0.1, 0.15) is 32.9 Å². The number of anilines is 2. The summed E-state index contributed by atoms with van der Waals surface area (Å²) in [5.74, 6) is -0.485. The van der Waals surface area contributed by atoms with Gasteiger partial charge in [-0.25, -0.2) is 15.0 Å². The van der Waals surface area contributed by atoms with Gasteiger partial charge in [0, 0.05) is 6.20 Å². The fourth-order valence-electron chi connectivity index (χ4n) is 2.26. The smallest absolute Gasteiger partial charge is 0.276 e. The second-order valence-electron chi connectivity index (χ2n) is 5.38. The topological polar surface area (TPSA) is 156 Å². The molecule has 0 spiro atoms. The van der Waals surface area contributed by atoms with E-state index in [0.717, 1.165) is 0 Å². The van der Waals surface area contributed by atoms with E-state index in [4.69, 9.17) is 20.8 Å². The van der Waals surface area contributed by atoms with E-state index in [-0.39, 0.29) is 23.0 Å². The van der Waals surface area contributed by atoms with Gasteiger partial charge in [0.2, 0.25) is 11.7 Å². The van der Waals surface area contributed by atoms with Gasteiger partial charge in [0.15, 0.2) is 5.69 Å². The van der Waals surface area contributed by atoms with Crippen LogP contribution in [0.5, 0.6) is 0 Å². The quantitative estimate of drug-likeness (QED) is 0.563. The molecule has 1 amide bonds. The molecular weight excluding hydrogens is 334 g/mol. The molecule has 0 bridgehead atoms. The van der Waals surface area contributed by atoms with Crippen molar-refractivity contribution in [2.75, 3.05) is 11.1 Å². The first-order valence-electron chi connectivity index (χ1n) is 7.45. The lowest BCUT2D eigenvalue weighted by Crippen LogP contribution is -2.42. The minimum atomic E-state index is -0.510. The Bertz CT molecular complexity index is 1040. The standard InChI is InChI=1S/C17H13N7O2/c1-9-4-10(5-18)6-21-14(9)16(25)24-17-22-7-12(19)15(23-17)13(20)11-2-3-26-8-11/h2-4,6-8,20H,19H2,1H3,(H,22,23,24,25)/p+1. The van der Waals surface area contributed by atoms with Crippen LogP contribution in [0, 0.1) is 18.3 Å². The summed E-state index contributed by atoms with van der Waals surface area (Å²) in [6.45, 7) is 1.68. The molecule has 0 fully saturated rings. The second-order valence-corrected chi connectivity index (χ2v) is 5.38. The van der Waals surface area contributed by atoms with E-state index in [1.165, 1.54) is 24.9 Å². The molecular formula is C17H14N7O2+. The number of aryl methyl sites for hydroxylation is 1. The third-order valence-corrected chi connectivity index (χ3v) is 3.55. The van der Waals surface area contributed by atoms with Gasteiger partial charge in [-0.15, -0.1) is 0 Å². The fraction of sp³-hybridized carbons (Fsp3) is 0.0588. The van der Waals surface area contributed by atoms with Crippen molar-refractivity contribution < 1.29 is 14.6 Å². The van der Waals surface area contributed by atoms with Gasteiger partial charge in [0.1, 0.15) is 18.0 Å². The summed E-state index contributed by atoms with van der Waals surface area (Å²) < 4.78 is 5.00. The summed E-state index contributed by atoms with van der Waals surface area (Å²) in [6.07, 6.45) is 5.60. The van der Waals surface area contributed by atoms with Gasteiger partial charge < -0.3 is 10.2 Å². The number of pyridine rings is 1. The Kier molecular flexibility index (Phi) is 4.40. The number of rotatable bonds is 4. The Morgan fingerprint density at radius 2 is 2.15 bits per heavy atom. The third-order valence-electron chi connectivity index (χ3n) is 3.55. The minimum Gasteiger partial charge on any atom is -0.472 e. The highest BCUT2D eigenvalue weighted by atomic mass is 16.3. The van der Waals surface area contributed by atoms with Crippen LogP contribution in [0.3, 0.4) is 0 Å². The molecule has 0 aliphatic carbocycles. The van der Waals surface area contributed by atoms with Crippen LogP contribution in [0.25, 0.3) is 0 Å². The SMILES string of the molecule is Cc1cc(C#N)cnc1C(=O)Nc1ncc(N)c(C(=[NH2+])c2ccoc2)n1. The monoisotopic (exact) mass is 348 g/mol. The van der Waals surface area contributed by atoms with E-state index in [1.54, 1.807) is 19.1 Å². The third kappa shape index (κ3) is 3.25. The van der Waals surface area contributed by atoms with Crippen LogP contribution in [-0.4, -0.2) is 26.6 Å². The summed E-state index contributed by atoms with van der Waals surface area (Å²) in [5.41, 5.74) is 8.41. The molecule has 3 heterocycles. The van der Waals surface area contributed by atoms with E-state index in [2.05, 4.69) is 20.3 Å². The maximum Gasteiger partial charge on any atom is 0.276 e. The van der Waals surface area contributed by atoms with E-state index >= 15 is 0 Å². The van der Waals surface area contributed by atoms with Crippen molar-refractivity contribution >= 4 is 23.3 Å². The number of carbonyl (C=O) groups excluding carboxylic acids is 1. The van der Waals surface area contributed by atoms with Crippen LogP contribution in [0.15, 0.2) is 41.5 Å². The first-order chi connectivity index (χ1) is 12.5. The highest BCUT2D eigenvalue weighted by molar-refractivity contribution is 6.10. The number of hydrogen-bond donors (Lipinski definition) is 3. The zero-order valence-electron chi connectivity index (χ0n) is 13.7. The average molecular weight is 348 g/mol. The number of aromatic nitrogens is 3. The number of hydrogen-bond acceptors (Lipinski definition) is 7. The first-order valence-corrected chi connectivity index (χ1v) is 7.45. The molecule has 5 N–H and O–H groups in total. The summed E-state index contributed by atoms with van der Waals surface area (Å²) in [5, 5.41) is 17.5. The molecule has 26 heavy (non-hydrogen) atoms. The molecule has 3 aromatic heterocycles. The highest BCUT2D eigenvalue weighted by Gasteiger charge is 2.20. The molecule has 0 aliphatic rings. The summed E-state index contributed by atoms with van der Waals surface area (Å²) >= 11 is 0. The van der Waals surface area contributed by atoms with Gasteiger partial charge in [-0.05, 0) is 24.6 Å². The van der Waals surface area contributed by atoms with Gasteiger partial charge in [0.05, 0.1) is 29.3 Å². The van der Waals surface area contributed by atoms with Crippen molar-refractivity contribution in [1.29, 1.82) is 5.26 Å². The Hall–Kier alpha value is -4.06. The molecule has 0 saturated carbocycles. The Morgan fingerprint density at radius 3 is 2.81 bits per heavy atom. The maximum atomic E-state index is 12.4. The minimum absolute atomic E-state index is 0.0243. The van der Waals surface area contributed by atoms with Gasteiger partial charge in [-0.1, -0.05) is 0 Å². The second kappa shape index (κ2) is 6.82. The van der Waals surface area contributed by atoms with Crippen molar-refractivity contribution in [3.63, 3.8) is 0 Å². The van der Waals surface area contributed by atoms with Crippen molar-refractivity contribution in [2.24, 2.45) is 0 Å².